The number of allylic oxidation sites excluding steroid dienone is 1. The summed E-state index contributed by atoms with van der Waals surface area (Å²) in [6, 6.07) is 16.1. The summed E-state index contributed by atoms with van der Waals surface area (Å²) in [4.78, 5) is 15.2. The van der Waals surface area contributed by atoms with Crippen molar-refractivity contribution in [1.82, 2.24) is 14.7 Å². The predicted octanol–water partition coefficient (Wildman–Crippen LogP) is 7.77. The molecule has 0 saturated carbocycles. The van der Waals surface area contributed by atoms with Gasteiger partial charge in [0.1, 0.15) is 0 Å². The second-order valence-electron chi connectivity index (χ2n) is 10.3. The Balaban J connectivity index is 0.000000568. The number of amides is 1. The predicted molar refractivity (Wildman–Crippen MR) is 158 cm³/mol. The van der Waals surface area contributed by atoms with Gasteiger partial charge in [0.05, 0.1) is 6.54 Å². The molecule has 2 heterocycles. The topological polar surface area (TPSA) is 50.2 Å². The number of anilines is 1. The maximum Gasteiger partial charge on any atom is 0.256 e. The van der Waals surface area contributed by atoms with Gasteiger partial charge >= 0.3 is 0 Å². The molecule has 2 aromatic carbocycles. The molecule has 6 heteroatoms. The van der Waals surface area contributed by atoms with E-state index >= 15 is 0 Å². The van der Waals surface area contributed by atoms with Gasteiger partial charge in [0.15, 0.2) is 5.82 Å². The number of halogens is 1. The average molecular weight is 566 g/mol. The fourth-order valence-corrected chi connectivity index (χ4v) is 4.77. The summed E-state index contributed by atoms with van der Waals surface area (Å²) in [5.74, 6) is 1.22. The fraction of sp³-hybridized carbons (Fsp3) is 0.419. The molecule has 0 unspecified atom stereocenters. The SMILES string of the molecule is C=CCC(C)C.Cc1ccc(Br)cc1Cn1nc(NC(=O)c2ccc(CN3CCCCC3)cc2)cc1C. The highest BCUT2D eigenvalue weighted by Crippen LogP contribution is 2.19. The number of benzene rings is 2. The van der Waals surface area contributed by atoms with Gasteiger partial charge < -0.3 is 5.32 Å². The van der Waals surface area contributed by atoms with E-state index in [-0.39, 0.29) is 5.91 Å². The minimum absolute atomic E-state index is 0.132. The molecule has 37 heavy (non-hydrogen) atoms. The number of hydrogen-bond acceptors (Lipinski definition) is 3. The Morgan fingerprint density at radius 2 is 1.76 bits per heavy atom. The highest BCUT2D eigenvalue weighted by atomic mass is 79.9. The molecule has 0 atom stereocenters. The van der Waals surface area contributed by atoms with E-state index in [9.17, 15) is 4.79 Å². The molecule has 198 valence electrons. The number of aryl methyl sites for hydroxylation is 2. The molecule has 0 spiro atoms. The number of likely N-dealkylation sites (tertiary alicyclic amines) is 1. The quantitative estimate of drug-likeness (QED) is 0.284. The highest BCUT2D eigenvalue weighted by molar-refractivity contribution is 9.10. The summed E-state index contributed by atoms with van der Waals surface area (Å²) in [7, 11) is 0. The van der Waals surface area contributed by atoms with E-state index in [1.165, 1.54) is 49.0 Å². The van der Waals surface area contributed by atoms with Crippen LogP contribution in [0.25, 0.3) is 0 Å². The first-order valence-electron chi connectivity index (χ1n) is 13.3. The molecule has 4 rings (SSSR count). The largest absolute Gasteiger partial charge is 0.305 e. The first kappa shape index (κ1) is 28.9. The van der Waals surface area contributed by atoms with Crippen LogP contribution < -0.4 is 5.32 Å². The number of hydrogen-bond donors (Lipinski definition) is 1. The number of aromatic nitrogens is 2. The summed E-state index contributed by atoms with van der Waals surface area (Å²) in [6.07, 6.45) is 7.00. The van der Waals surface area contributed by atoms with Gasteiger partial charge in [0.2, 0.25) is 0 Å². The molecule has 0 bridgehead atoms. The van der Waals surface area contributed by atoms with Crippen LogP contribution in [0.3, 0.4) is 0 Å². The zero-order chi connectivity index (χ0) is 26.8. The van der Waals surface area contributed by atoms with Gasteiger partial charge in [-0.3, -0.25) is 14.4 Å². The monoisotopic (exact) mass is 564 g/mol. The minimum Gasteiger partial charge on any atom is -0.305 e. The van der Waals surface area contributed by atoms with Crippen molar-refractivity contribution in [3.05, 3.63) is 93.6 Å². The van der Waals surface area contributed by atoms with Crippen molar-refractivity contribution in [3.63, 3.8) is 0 Å². The second kappa shape index (κ2) is 14.3. The first-order chi connectivity index (χ1) is 17.7. The van der Waals surface area contributed by atoms with E-state index in [1.54, 1.807) is 0 Å². The Labute approximate surface area is 231 Å². The fourth-order valence-electron chi connectivity index (χ4n) is 4.36. The Kier molecular flexibility index (Phi) is 11.2. The third kappa shape index (κ3) is 9.28. The lowest BCUT2D eigenvalue weighted by atomic mass is 10.1. The summed E-state index contributed by atoms with van der Waals surface area (Å²) in [5, 5.41) is 7.54. The van der Waals surface area contributed by atoms with Crippen molar-refractivity contribution >= 4 is 27.7 Å². The van der Waals surface area contributed by atoms with Crippen LogP contribution in [-0.4, -0.2) is 33.7 Å². The first-order valence-corrected chi connectivity index (χ1v) is 14.1. The van der Waals surface area contributed by atoms with E-state index < -0.39 is 0 Å². The van der Waals surface area contributed by atoms with Crippen molar-refractivity contribution < 1.29 is 4.79 Å². The van der Waals surface area contributed by atoms with Crippen LogP contribution >= 0.6 is 15.9 Å². The van der Waals surface area contributed by atoms with Gasteiger partial charge in [-0.25, -0.2) is 0 Å². The van der Waals surface area contributed by atoms with Crippen LogP contribution in [0.4, 0.5) is 5.82 Å². The average Bonchev–Trinajstić information content (AvgIpc) is 3.21. The molecule has 1 aromatic heterocycles. The van der Waals surface area contributed by atoms with Crippen LogP contribution in [0.1, 0.15) is 72.3 Å². The Morgan fingerprint density at radius 3 is 2.38 bits per heavy atom. The van der Waals surface area contributed by atoms with E-state index in [2.05, 4.69) is 82.9 Å². The van der Waals surface area contributed by atoms with Crippen LogP contribution in [-0.2, 0) is 13.1 Å². The van der Waals surface area contributed by atoms with Gasteiger partial charge in [-0.15, -0.1) is 6.58 Å². The van der Waals surface area contributed by atoms with Crippen LogP contribution in [0.15, 0.2) is 65.7 Å². The molecule has 5 nitrogen and oxygen atoms in total. The lowest BCUT2D eigenvalue weighted by molar-refractivity contribution is 0.102. The van der Waals surface area contributed by atoms with E-state index in [1.807, 2.05) is 41.9 Å². The summed E-state index contributed by atoms with van der Waals surface area (Å²) in [6.45, 7) is 16.0. The Morgan fingerprint density at radius 1 is 1.05 bits per heavy atom. The normalized spacial score (nSPS) is 13.7. The van der Waals surface area contributed by atoms with Crippen molar-refractivity contribution in [2.75, 3.05) is 18.4 Å². The summed E-state index contributed by atoms with van der Waals surface area (Å²) in [5.41, 5.74) is 5.32. The molecule has 1 aliphatic heterocycles. The summed E-state index contributed by atoms with van der Waals surface area (Å²) >= 11 is 3.54. The molecule has 0 aliphatic carbocycles. The van der Waals surface area contributed by atoms with Gasteiger partial charge in [-0.05, 0) is 93.1 Å². The lowest BCUT2D eigenvalue weighted by Gasteiger charge is -2.26. The molecule has 1 saturated heterocycles. The van der Waals surface area contributed by atoms with Crippen molar-refractivity contribution in [1.29, 1.82) is 0 Å². The molecule has 1 fully saturated rings. The molecule has 0 radical (unpaired) electrons. The molecule has 1 aliphatic rings. The standard InChI is InChI=1S/C25H29BrN4O.C6H12/c1-18-6-11-23(26)15-22(18)17-30-19(2)14-24(28-30)27-25(31)21-9-7-20(8-10-21)16-29-12-4-3-5-13-29;1-4-5-6(2)3/h6-11,14-15H,3-5,12-13,16-17H2,1-2H3,(H,27,28,31);4,6H,1,5H2,2-3H3. The number of piperidine rings is 1. The zero-order valence-corrected chi connectivity index (χ0v) is 24.4. The smallest absolute Gasteiger partial charge is 0.256 e. The van der Waals surface area contributed by atoms with Crippen molar-refractivity contribution in [2.45, 2.75) is 66.5 Å². The van der Waals surface area contributed by atoms with Crippen LogP contribution in [0.5, 0.6) is 0 Å². The van der Waals surface area contributed by atoms with Gasteiger partial charge in [0.25, 0.3) is 5.91 Å². The number of nitrogens with zero attached hydrogens (tertiary/aromatic N) is 3. The van der Waals surface area contributed by atoms with Crippen molar-refractivity contribution in [3.8, 4) is 0 Å². The Bertz CT molecular complexity index is 1160. The summed E-state index contributed by atoms with van der Waals surface area (Å²) < 4.78 is 2.97. The number of carbonyl (C=O) groups is 1. The molecule has 1 amide bonds. The Hall–Kier alpha value is -2.70. The number of nitrogens with one attached hydrogen (secondary N) is 1. The van der Waals surface area contributed by atoms with Gasteiger partial charge in [-0.1, -0.05) is 60.5 Å². The second-order valence-corrected chi connectivity index (χ2v) is 11.2. The van der Waals surface area contributed by atoms with E-state index in [4.69, 9.17) is 0 Å². The molecular formula is C31H41BrN4O. The highest BCUT2D eigenvalue weighted by Gasteiger charge is 2.13. The molecule has 3 aromatic rings. The van der Waals surface area contributed by atoms with Crippen LogP contribution in [0, 0.1) is 19.8 Å². The third-order valence-corrected chi connectivity index (χ3v) is 7.06. The van der Waals surface area contributed by atoms with Crippen LogP contribution in [0.2, 0.25) is 0 Å². The molecule has 1 N–H and O–H groups in total. The van der Waals surface area contributed by atoms with E-state index in [0.29, 0.717) is 17.9 Å². The maximum absolute atomic E-state index is 12.7. The van der Waals surface area contributed by atoms with Crippen molar-refractivity contribution in [2.24, 2.45) is 5.92 Å². The molecular weight excluding hydrogens is 524 g/mol. The number of rotatable bonds is 8. The minimum atomic E-state index is -0.132. The van der Waals surface area contributed by atoms with Gasteiger partial charge in [-0.2, -0.15) is 5.10 Å². The zero-order valence-electron chi connectivity index (χ0n) is 22.8. The lowest BCUT2D eigenvalue weighted by Crippen LogP contribution is -2.29. The third-order valence-electron chi connectivity index (χ3n) is 6.56. The van der Waals surface area contributed by atoms with E-state index in [0.717, 1.165) is 29.1 Å². The van der Waals surface area contributed by atoms with Gasteiger partial charge in [0, 0.05) is 28.3 Å². The number of carbonyl (C=O) groups excluding carboxylic acids is 1. The maximum atomic E-state index is 12.7.